The van der Waals surface area contributed by atoms with Crippen LogP contribution in [0.25, 0.3) is 0 Å². The first-order valence-corrected chi connectivity index (χ1v) is 6.93. The van der Waals surface area contributed by atoms with Crippen LogP contribution in [0.2, 0.25) is 0 Å². The predicted molar refractivity (Wildman–Crippen MR) is 74.8 cm³/mol. The molecule has 7 heteroatoms. The van der Waals surface area contributed by atoms with E-state index in [-0.39, 0.29) is 19.4 Å². The van der Waals surface area contributed by atoms with Gasteiger partial charge in [0.25, 0.3) is 0 Å². The number of aliphatic carboxylic acids is 1. The molecular formula is C15H18FNO5. The normalized spacial score (nSPS) is 24.8. The lowest BCUT2D eigenvalue weighted by Crippen LogP contribution is -2.58. The lowest BCUT2D eigenvalue weighted by molar-refractivity contribution is -0.159. The Kier molecular flexibility index (Phi) is 5.32. The summed E-state index contributed by atoms with van der Waals surface area (Å²) in [5.74, 6) is -1.20. The highest BCUT2D eigenvalue weighted by Gasteiger charge is 2.44. The van der Waals surface area contributed by atoms with E-state index in [1.54, 1.807) is 24.3 Å². The number of halogens is 1. The van der Waals surface area contributed by atoms with Gasteiger partial charge in [-0.15, -0.1) is 0 Å². The van der Waals surface area contributed by atoms with Crippen molar-refractivity contribution in [2.24, 2.45) is 0 Å². The van der Waals surface area contributed by atoms with Crippen LogP contribution in [-0.2, 0) is 20.9 Å². The molecule has 3 atom stereocenters. The third-order valence-electron chi connectivity index (χ3n) is 3.58. The number of carbonyl (C=O) groups excluding carboxylic acids is 1. The van der Waals surface area contributed by atoms with Crippen molar-refractivity contribution in [3.8, 4) is 0 Å². The first-order valence-electron chi connectivity index (χ1n) is 6.93. The molecule has 1 N–H and O–H groups in total. The van der Waals surface area contributed by atoms with Gasteiger partial charge in [-0.3, -0.25) is 4.90 Å². The minimum Gasteiger partial charge on any atom is -0.480 e. The van der Waals surface area contributed by atoms with Gasteiger partial charge in [-0.25, -0.2) is 14.0 Å². The summed E-state index contributed by atoms with van der Waals surface area (Å²) in [5, 5.41) is 9.21. The van der Waals surface area contributed by atoms with Crippen LogP contribution in [0, 0.1) is 0 Å². The van der Waals surface area contributed by atoms with Gasteiger partial charge in [0.2, 0.25) is 0 Å². The topological polar surface area (TPSA) is 76.1 Å². The standard InChI is InChI=1S/C15H18FNO5/c1-21-13-11(16)7-8-12(14(18)19)17(13)15(20)22-9-10-5-3-2-4-6-10/h2-6,11-13H,7-9H2,1H3,(H,18,19). The molecule has 1 fully saturated rings. The molecule has 0 bridgehead atoms. The summed E-state index contributed by atoms with van der Waals surface area (Å²) in [6.07, 6.45) is -3.54. The Morgan fingerprint density at radius 2 is 2.00 bits per heavy atom. The molecule has 6 nitrogen and oxygen atoms in total. The Labute approximate surface area is 127 Å². The first-order chi connectivity index (χ1) is 10.5. The molecule has 0 spiro atoms. The number of amides is 1. The van der Waals surface area contributed by atoms with Gasteiger partial charge in [0, 0.05) is 7.11 Å². The molecule has 2 rings (SSSR count). The number of ether oxygens (including phenoxy) is 2. The van der Waals surface area contributed by atoms with E-state index in [9.17, 15) is 19.1 Å². The largest absolute Gasteiger partial charge is 0.480 e. The van der Waals surface area contributed by atoms with Crippen molar-refractivity contribution in [3.05, 3.63) is 35.9 Å². The van der Waals surface area contributed by atoms with E-state index in [1.165, 1.54) is 7.11 Å². The lowest BCUT2D eigenvalue weighted by Gasteiger charge is -2.39. The average molecular weight is 311 g/mol. The number of benzene rings is 1. The van der Waals surface area contributed by atoms with Crippen molar-refractivity contribution in [2.45, 2.75) is 37.9 Å². The fraction of sp³-hybridized carbons (Fsp3) is 0.467. The molecule has 1 aromatic carbocycles. The van der Waals surface area contributed by atoms with Crippen molar-refractivity contribution in [2.75, 3.05) is 7.11 Å². The molecule has 1 aliphatic rings. The Balaban J connectivity index is 2.09. The van der Waals surface area contributed by atoms with Crippen molar-refractivity contribution in [1.29, 1.82) is 0 Å². The number of nitrogens with zero attached hydrogens (tertiary/aromatic N) is 1. The van der Waals surface area contributed by atoms with Crippen LogP contribution in [0.3, 0.4) is 0 Å². The van der Waals surface area contributed by atoms with E-state index in [0.717, 1.165) is 10.5 Å². The van der Waals surface area contributed by atoms with Gasteiger partial charge < -0.3 is 14.6 Å². The molecule has 1 aromatic rings. The summed E-state index contributed by atoms with van der Waals surface area (Å²) in [6, 6.07) is 7.79. The number of piperidine rings is 1. The molecule has 0 radical (unpaired) electrons. The van der Waals surface area contributed by atoms with Gasteiger partial charge in [0.15, 0.2) is 6.23 Å². The summed E-state index contributed by atoms with van der Waals surface area (Å²) < 4.78 is 24.0. The van der Waals surface area contributed by atoms with Crippen molar-refractivity contribution in [1.82, 2.24) is 4.90 Å². The number of carboxylic acids is 1. The summed E-state index contributed by atoms with van der Waals surface area (Å²) in [6.45, 7) is -0.0180. The zero-order chi connectivity index (χ0) is 16.1. The van der Waals surface area contributed by atoms with Crippen LogP contribution >= 0.6 is 0 Å². The van der Waals surface area contributed by atoms with E-state index in [2.05, 4.69) is 0 Å². The van der Waals surface area contributed by atoms with Crippen molar-refractivity contribution in [3.63, 3.8) is 0 Å². The van der Waals surface area contributed by atoms with E-state index in [0.29, 0.717) is 0 Å². The molecule has 0 saturated carbocycles. The van der Waals surface area contributed by atoms with Gasteiger partial charge in [-0.1, -0.05) is 30.3 Å². The lowest BCUT2D eigenvalue weighted by atomic mass is 10.00. The molecule has 1 aliphatic heterocycles. The molecule has 3 unspecified atom stereocenters. The second-order valence-corrected chi connectivity index (χ2v) is 5.02. The minimum absolute atomic E-state index is 0.0180. The van der Waals surface area contributed by atoms with Crippen LogP contribution in [0.4, 0.5) is 9.18 Å². The Morgan fingerprint density at radius 1 is 1.32 bits per heavy atom. The van der Waals surface area contributed by atoms with Crippen LogP contribution in [0.1, 0.15) is 18.4 Å². The summed E-state index contributed by atoms with van der Waals surface area (Å²) in [5.41, 5.74) is 0.755. The smallest absolute Gasteiger partial charge is 0.413 e. The van der Waals surface area contributed by atoms with Gasteiger partial charge >= 0.3 is 12.1 Å². The number of rotatable bonds is 4. The second kappa shape index (κ2) is 7.22. The third-order valence-corrected chi connectivity index (χ3v) is 3.58. The molecule has 120 valence electrons. The maximum Gasteiger partial charge on any atom is 0.413 e. The zero-order valence-corrected chi connectivity index (χ0v) is 12.1. The Morgan fingerprint density at radius 3 is 2.59 bits per heavy atom. The number of carboxylic acid groups (broad SMARTS) is 1. The molecule has 22 heavy (non-hydrogen) atoms. The number of methoxy groups -OCH3 is 1. The summed E-state index contributed by atoms with van der Waals surface area (Å²) >= 11 is 0. The fourth-order valence-corrected chi connectivity index (χ4v) is 2.48. The highest BCUT2D eigenvalue weighted by atomic mass is 19.1. The average Bonchev–Trinajstić information content (AvgIpc) is 2.52. The SMILES string of the molecule is COC1C(F)CCC(C(=O)O)N1C(=O)OCc1ccccc1. The highest BCUT2D eigenvalue weighted by Crippen LogP contribution is 2.27. The van der Waals surface area contributed by atoms with Gasteiger partial charge in [0.1, 0.15) is 18.8 Å². The summed E-state index contributed by atoms with van der Waals surface area (Å²) in [4.78, 5) is 24.3. The van der Waals surface area contributed by atoms with Crippen LogP contribution in [0.5, 0.6) is 0 Å². The van der Waals surface area contributed by atoms with Crippen LogP contribution < -0.4 is 0 Å². The minimum atomic E-state index is -1.44. The number of hydrogen-bond donors (Lipinski definition) is 1. The zero-order valence-electron chi connectivity index (χ0n) is 12.1. The van der Waals surface area contributed by atoms with Crippen molar-refractivity contribution >= 4 is 12.1 Å². The van der Waals surface area contributed by atoms with E-state index in [1.807, 2.05) is 6.07 Å². The molecule has 0 aromatic heterocycles. The van der Waals surface area contributed by atoms with Crippen LogP contribution in [-0.4, -0.2) is 47.6 Å². The first kappa shape index (κ1) is 16.2. The number of hydrogen-bond acceptors (Lipinski definition) is 4. The molecular weight excluding hydrogens is 293 g/mol. The summed E-state index contributed by atoms with van der Waals surface area (Å²) in [7, 11) is 1.24. The van der Waals surface area contributed by atoms with Crippen LogP contribution in [0.15, 0.2) is 30.3 Å². The monoisotopic (exact) mass is 311 g/mol. The van der Waals surface area contributed by atoms with Gasteiger partial charge in [-0.05, 0) is 18.4 Å². The quantitative estimate of drug-likeness (QED) is 0.922. The predicted octanol–water partition coefficient (Wildman–Crippen LogP) is 2.18. The molecule has 1 heterocycles. The Hall–Kier alpha value is -2.15. The van der Waals surface area contributed by atoms with Crippen molar-refractivity contribution < 1.29 is 28.6 Å². The number of carbonyl (C=O) groups is 2. The maximum absolute atomic E-state index is 13.9. The fourth-order valence-electron chi connectivity index (χ4n) is 2.48. The number of alkyl halides is 1. The maximum atomic E-state index is 13.9. The number of likely N-dealkylation sites (tertiary alicyclic amines) is 1. The Bertz CT molecular complexity index is 524. The second-order valence-electron chi connectivity index (χ2n) is 5.02. The molecule has 1 saturated heterocycles. The molecule has 1 amide bonds. The highest BCUT2D eigenvalue weighted by molar-refractivity contribution is 5.80. The van der Waals surface area contributed by atoms with Gasteiger partial charge in [-0.2, -0.15) is 0 Å². The van der Waals surface area contributed by atoms with E-state index >= 15 is 0 Å². The van der Waals surface area contributed by atoms with E-state index in [4.69, 9.17) is 9.47 Å². The third kappa shape index (κ3) is 3.54. The van der Waals surface area contributed by atoms with Gasteiger partial charge in [0.05, 0.1) is 0 Å². The molecule has 0 aliphatic carbocycles. The van der Waals surface area contributed by atoms with E-state index < -0.39 is 30.5 Å².